The lowest BCUT2D eigenvalue weighted by Crippen LogP contribution is -2.10. The number of esters is 1. The van der Waals surface area contributed by atoms with Gasteiger partial charge >= 0.3 is 5.97 Å². The highest BCUT2D eigenvalue weighted by Gasteiger charge is 2.31. The molecule has 0 radical (unpaired) electrons. The molecule has 0 N–H and O–H groups in total. The van der Waals surface area contributed by atoms with Crippen LogP contribution in [-0.4, -0.2) is 19.2 Å². The van der Waals surface area contributed by atoms with Crippen LogP contribution in [0.3, 0.4) is 0 Å². The Balaban J connectivity index is 2.46. The topological polar surface area (TPSA) is 35.5 Å². The number of hydrogen-bond acceptors (Lipinski definition) is 3. The number of ether oxygens (including phenoxy) is 2. The van der Waals surface area contributed by atoms with Gasteiger partial charge in [0.1, 0.15) is 11.9 Å². The largest absolute Gasteiger partial charge is 0.496 e. The van der Waals surface area contributed by atoms with Crippen molar-refractivity contribution in [3.63, 3.8) is 0 Å². The second-order valence-electron chi connectivity index (χ2n) is 4.64. The quantitative estimate of drug-likeness (QED) is 0.614. The van der Waals surface area contributed by atoms with E-state index in [1.54, 1.807) is 20.1 Å². The van der Waals surface area contributed by atoms with Gasteiger partial charge in [0.15, 0.2) is 0 Å². The van der Waals surface area contributed by atoms with Crippen LogP contribution in [0.15, 0.2) is 36.4 Å². The van der Waals surface area contributed by atoms with Crippen molar-refractivity contribution in [2.75, 3.05) is 7.11 Å². The molecule has 0 aliphatic carbocycles. The molecule has 19 heavy (non-hydrogen) atoms. The van der Waals surface area contributed by atoms with E-state index in [2.05, 4.69) is 6.58 Å². The minimum absolute atomic E-state index is 0.224. The zero-order valence-electron chi connectivity index (χ0n) is 11.5. The van der Waals surface area contributed by atoms with E-state index in [1.165, 1.54) is 0 Å². The summed E-state index contributed by atoms with van der Waals surface area (Å²) in [5.74, 6) is 0.600. The fourth-order valence-corrected chi connectivity index (χ4v) is 2.39. The summed E-state index contributed by atoms with van der Waals surface area (Å²) in [4.78, 5) is 11.7. The molecule has 0 fully saturated rings. The van der Waals surface area contributed by atoms with E-state index in [4.69, 9.17) is 9.47 Å². The molecule has 1 aromatic carbocycles. The molecule has 0 saturated heterocycles. The van der Waals surface area contributed by atoms with Crippen molar-refractivity contribution in [1.29, 1.82) is 0 Å². The average Bonchev–Trinajstić information content (AvgIpc) is 2.65. The highest BCUT2D eigenvalue weighted by molar-refractivity contribution is 6.02. The molecule has 100 valence electrons. The van der Waals surface area contributed by atoms with E-state index < -0.39 is 0 Å². The van der Waals surface area contributed by atoms with Crippen LogP contribution >= 0.6 is 0 Å². The van der Waals surface area contributed by atoms with E-state index in [0.717, 1.165) is 22.4 Å². The Hall–Kier alpha value is -2.03. The summed E-state index contributed by atoms with van der Waals surface area (Å²) in [5, 5.41) is 0. The Kier molecular flexibility index (Phi) is 3.74. The van der Waals surface area contributed by atoms with Gasteiger partial charge in [-0.1, -0.05) is 12.1 Å². The highest BCUT2D eigenvalue weighted by atomic mass is 16.5. The number of hydrogen-bond donors (Lipinski definition) is 0. The fraction of sp³-hybridized carbons (Fsp3) is 0.312. The number of benzene rings is 1. The molecule has 1 aliphatic heterocycles. The van der Waals surface area contributed by atoms with E-state index >= 15 is 0 Å². The minimum Gasteiger partial charge on any atom is -0.496 e. The van der Waals surface area contributed by atoms with Crippen LogP contribution in [0.25, 0.3) is 5.57 Å². The summed E-state index contributed by atoms with van der Waals surface area (Å²) in [6.07, 6.45) is 2.17. The zero-order chi connectivity index (χ0) is 14.0. The van der Waals surface area contributed by atoms with Crippen LogP contribution in [0.5, 0.6) is 5.75 Å². The molecule has 0 saturated carbocycles. The van der Waals surface area contributed by atoms with Gasteiger partial charge in [0.2, 0.25) is 0 Å². The number of methoxy groups -OCH3 is 1. The number of carbonyl (C=O) groups is 1. The Morgan fingerprint density at radius 2 is 2.16 bits per heavy atom. The summed E-state index contributed by atoms with van der Waals surface area (Å²) < 4.78 is 10.6. The SMILES string of the molecule is C=CCC1OC(=O)C(C)=C1c1ccc(OC)c(C)c1. The predicted molar refractivity (Wildman–Crippen MR) is 75.0 cm³/mol. The summed E-state index contributed by atoms with van der Waals surface area (Å²) in [5.41, 5.74) is 3.68. The smallest absolute Gasteiger partial charge is 0.334 e. The standard InChI is InChI=1S/C16H18O3/c1-5-6-14-15(11(3)16(17)19-14)12-7-8-13(18-4)10(2)9-12/h5,7-9,14H,1,6H2,2-4H3. The molecule has 0 bridgehead atoms. The second-order valence-corrected chi connectivity index (χ2v) is 4.64. The van der Waals surface area contributed by atoms with Crippen molar-refractivity contribution in [2.45, 2.75) is 26.4 Å². The molecule has 1 aliphatic rings. The second kappa shape index (κ2) is 5.31. The Morgan fingerprint density at radius 3 is 2.74 bits per heavy atom. The van der Waals surface area contributed by atoms with Crippen LogP contribution in [0.1, 0.15) is 24.5 Å². The van der Waals surface area contributed by atoms with Crippen LogP contribution in [0.4, 0.5) is 0 Å². The molecule has 0 spiro atoms. The van der Waals surface area contributed by atoms with E-state index in [9.17, 15) is 4.79 Å². The van der Waals surface area contributed by atoms with Crippen LogP contribution in [-0.2, 0) is 9.53 Å². The molecule has 1 aromatic rings. The third kappa shape index (κ3) is 2.41. The van der Waals surface area contributed by atoms with Gasteiger partial charge < -0.3 is 9.47 Å². The summed E-state index contributed by atoms with van der Waals surface area (Å²) in [6.45, 7) is 7.50. The van der Waals surface area contributed by atoms with E-state index in [1.807, 2.05) is 25.1 Å². The molecular weight excluding hydrogens is 240 g/mol. The molecule has 1 atom stereocenters. The van der Waals surface area contributed by atoms with Crippen molar-refractivity contribution in [3.8, 4) is 5.75 Å². The van der Waals surface area contributed by atoms with Crippen molar-refractivity contribution in [2.24, 2.45) is 0 Å². The van der Waals surface area contributed by atoms with Gasteiger partial charge in [0.05, 0.1) is 7.11 Å². The van der Waals surface area contributed by atoms with E-state index in [0.29, 0.717) is 12.0 Å². The number of aryl methyl sites for hydroxylation is 1. The normalized spacial score (nSPS) is 18.5. The molecule has 2 rings (SSSR count). The molecular formula is C16H18O3. The van der Waals surface area contributed by atoms with Gasteiger partial charge in [-0.05, 0) is 37.1 Å². The number of rotatable bonds is 4. The number of carbonyl (C=O) groups excluding carboxylic acids is 1. The lowest BCUT2D eigenvalue weighted by atomic mass is 9.94. The molecule has 1 unspecified atom stereocenters. The maximum absolute atomic E-state index is 11.7. The van der Waals surface area contributed by atoms with Crippen LogP contribution in [0.2, 0.25) is 0 Å². The Labute approximate surface area is 113 Å². The number of cyclic esters (lactones) is 1. The molecule has 1 heterocycles. The maximum Gasteiger partial charge on any atom is 0.334 e. The van der Waals surface area contributed by atoms with Crippen molar-refractivity contribution >= 4 is 11.5 Å². The first-order valence-electron chi connectivity index (χ1n) is 6.26. The predicted octanol–water partition coefficient (Wildman–Crippen LogP) is 3.28. The van der Waals surface area contributed by atoms with Gasteiger partial charge in [-0.3, -0.25) is 0 Å². The average molecular weight is 258 g/mol. The first-order valence-corrected chi connectivity index (χ1v) is 6.26. The molecule has 0 aromatic heterocycles. The van der Waals surface area contributed by atoms with Crippen LogP contribution in [0, 0.1) is 6.92 Å². The first-order chi connectivity index (χ1) is 9.08. The third-order valence-corrected chi connectivity index (χ3v) is 3.37. The highest BCUT2D eigenvalue weighted by Crippen LogP contribution is 2.35. The fourth-order valence-electron chi connectivity index (χ4n) is 2.39. The van der Waals surface area contributed by atoms with Gasteiger partial charge in [-0.25, -0.2) is 4.79 Å². The van der Waals surface area contributed by atoms with Crippen LogP contribution < -0.4 is 4.74 Å². The van der Waals surface area contributed by atoms with E-state index in [-0.39, 0.29) is 12.1 Å². The lowest BCUT2D eigenvalue weighted by Gasteiger charge is -2.14. The Bertz CT molecular complexity index is 555. The third-order valence-electron chi connectivity index (χ3n) is 3.37. The first kappa shape index (κ1) is 13.4. The maximum atomic E-state index is 11.7. The molecule has 0 amide bonds. The summed E-state index contributed by atoms with van der Waals surface area (Å²) in [6, 6.07) is 5.90. The van der Waals surface area contributed by atoms with Gasteiger partial charge in [-0.2, -0.15) is 0 Å². The van der Waals surface area contributed by atoms with Gasteiger partial charge in [-0.15, -0.1) is 6.58 Å². The Morgan fingerprint density at radius 1 is 1.42 bits per heavy atom. The van der Waals surface area contributed by atoms with Crippen molar-refractivity contribution < 1.29 is 14.3 Å². The zero-order valence-corrected chi connectivity index (χ0v) is 11.5. The van der Waals surface area contributed by atoms with Crippen molar-refractivity contribution in [1.82, 2.24) is 0 Å². The van der Waals surface area contributed by atoms with Gasteiger partial charge in [0.25, 0.3) is 0 Å². The van der Waals surface area contributed by atoms with Crippen molar-refractivity contribution in [3.05, 3.63) is 47.6 Å². The summed E-state index contributed by atoms with van der Waals surface area (Å²) in [7, 11) is 1.65. The van der Waals surface area contributed by atoms with Gasteiger partial charge in [0, 0.05) is 17.6 Å². The molecule has 3 heteroatoms. The summed E-state index contributed by atoms with van der Waals surface area (Å²) >= 11 is 0. The minimum atomic E-state index is -0.240. The molecule has 3 nitrogen and oxygen atoms in total. The lowest BCUT2D eigenvalue weighted by molar-refractivity contribution is -0.139. The monoisotopic (exact) mass is 258 g/mol.